The number of carbonyl (C=O) groups excluding carboxylic acids is 2. The van der Waals surface area contributed by atoms with E-state index in [1.165, 1.54) is 0 Å². The zero-order valence-electron chi connectivity index (χ0n) is 17.5. The average molecular weight is 415 g/mol. The normalized spacial score (nSPS) is 11.7. The van der Waals surface area contributed by atoms with Crippen molar-refractivity contribution in [2.45, 2.75) is 0 Å². The Morgan fingerprint density at radius 3 is 1.97 bits per heavy atom. The van der Waals surface area contributed by atoms with Gasteiger partial charge in [0.25, 0.3) is 0 Å². The van der Waals surface area contributed by atoms with E-state index in [1.807, 2.05) is 109 Å². The molecule has 0 atom stereocenters. The van der Waals surface area contributed by atoms with Crippen molar-refractivity contribution in [1.29, 1.82) is 0 Å². The molecular weight excluding hydrogens is 392 g/mol. The molecule has 32 heavy (non-hydrogen) atoms. The van der Waals surface area contributed by atoms with Crippen LogP contribution in [0.5, 0.6) is 0 Å². The van der Waals surface area contributed by atoms with Crippen LogP contribution in [0.1, 0.15) is 31.8 Å². The van der Waals surface area contributed by atoms with E-state index in [4.69, 9.17) is 0 Å². The van der Waals surface area contributed by atoms with Crippen molar-refractivity contribution < 1.29 is 9.59 Å². The van der Waals surface area contributed by atoms with Crippen molar-refractivity contribution in [3.05, 3.63) is 144 Å². The highest BCUT2D eigenvalue weighted by atomic mass is 16.1. The van der Waals surface area contributed by atoms with Crippen LogP contribution in [0.25, 0.3) is 23.3 Å². The fraction of sp³-hybridized carbons (Fsp3) is 0. The van der Waals surface area contributed by atoms with Crippen molar-refractivity contribution in [2.75, 3.05) is 0 Å². The molecule has 2 heteroatoms. The van der Waals surface area contributed by atoms with Gasteiger partial charge in [0, 0.05) is 11.1 Å². The van der Waals surface area contributed by atoms with Crippen LogP contribution < -0.4 is 0 Å². The lowest BCUT2D eigenvalue weighted by molar-refractivity contribution is 0.104. The molecule has 0 saturated carbocycles. The summed E-state index contributed by atoms with van der Waals surface area (Å²) in [7, 11) is 0. The number of ketones is 2. The van der Waals surface area contributed by atoms with E-state index < -0.39 is 0 Å². The molecule has 0 unspecified atom stereocenters. The molecule has 4 bridgehead atoms. The Morgan fingerprint density at radius 2 is 1.22 bits per heavy atom. The Morgan fingerprint density at radius 1 is 0.594 bits per heavy atom. The lowest BCUT2D eigenvalue weighted by Crippen LogP contribution is -1.93. The quantitative estimate of drug-likeness (QED) is 0.264. The van der Waals surface area contributed by atoms with Gasteiger partial charge in [-0.2, -0.15) is 0 Å². The summed E-state index contributed by atoms with van der Waals surface area (Å²) >= 11 is 0. The first-order chi connectivity index (χ1) is 15.7. The maximum atomic E-state index is 11.8. The number of allylic oxidation sites excluding steroid dienone is 2. The molecule has 4 aromatic carbocycles. The van der Waals surface area contributed by atoms with Crippen LogP contribution in [0, 0.1) is 0 Å². The van der Waals surface area contributed by atoms with Crippen LogP contribution in [0.15, 0.2) is 121 Å². The summed E-state index contributed by atoms with van der Waals surface area (Å²) in [6.45, 7) is 0. The first-order valence-electron chi connectivity index (χ1n) is 10.4. The summed E-state index contributed by atoms with van der Waals surface area (Å²) < 4.78 is 0. The van der Waals surface area contributed by atoms with E-state index in [0.29, 0.717) is 0 Å². The van der Waals surface area contributed by atoms with E-state index in [2.05, 4.69) is 12.1 Å². The lowest BCUT2D eigenvalue weighted by Gasteiger charge is -2.03. The monoisotopic (exact) mass is 414 g/mol. The largest absolute Gasteiger partial charge is 0.289 e. The SMILES string of the molecule is O=C(/C=C/c1ccccc1)c1ccccc1.O=C1C=Cc2cccc(c2)-c2cccc1c2. The lowest BCUT2D eigenvalue weighted by atomic mass is 10.0. The Labute approximate surface area is 188 Å². The Bertz CT molecular complexity index is 1280. The molecule has 0 radical (unpaired) electrons. The third-order valence-electron chi connectivity index (χ3n) is 5.08. The second-order valence-corrected chi connectivity index (χ2v) is 7.38. The predicted molar refractivity (Wildman–Crippen MR) is 131 cm³/mol. The maximum absolute atomic E-state index is 11.8. The number of fused-ring (bicyclic) bond motifs is 5. The number of rotatable bonds is 3. The Hall–Kier alpha value is -4.30. The van der Waals surface area contributed by atoms with E-state index in [1.54, 1.807) is 12.2 Å². The topological polar surface area (TPSA) is 34.1 Å². The van der Waals surface area contributed by atoms with E-state index in [9.17, 15) is 9.59 Å². The average Bonchev–Trinajstić information content (AvgIpc) is 2.89. The molecule has 5 rings (SSSR count). The highest BCUT2D eigenvalue weighted by molar-refractivity contribution is 6.08. The minimum atomic E-state index is 0.0319. The number of benzene rings is 4. The second-order valence-electron chi connectivity index (χ2n) is 7.38. The highest BCUT2D eigenvalue weighted by Gasteiger charge is 2.07. The van der Waals surface area contributed by atoms with Gasteiger partial charge in [-0.15, -0.1) is 0 Å². The molecule has 4 aromatic rings. The van der Waals surface area contributed by atoms with E-state index in [0.717, 1.165) is 33.4 Å². The molecule has 0 N–H and O–H groups in total. The minimum Gasteiger partial charge on any atom is -0.289 e. The number of hydrogen-bond acceptors (Lipinski definition) is 2. The van der Waals surface area contributed by atoms with Gasteiger partial charge >= 0.3 is 0 Å². The summed E-state index contributed by atoms with van der Waals surface area (Å²) in [5.74, 6) is 0.0914. The molecule has 0 aliphatic heterocycles. The van der Waals surface area contributed by atoms with Gasteiger partial charge in [0.1, 0.15) is 0 Å². The summed E-state index contributed by atoms with van der Waals surface area (Å²) in [4.78, 5) is 23.5. The molecule has 2 nitrogen and oxygen atoms in total. The predicted octanol–water partition coefficient (Wildman–Crippen LogP) is 7.15. The van der Waals surface area contributed by atoms with Gasteiger partial charge in [-0.25, -0.2) is 0 Å². The fourth-order valence-electron chi connectivity index (χ4n) is 3.38. The van der Waals surface area contributed by atoms with Crippen LogP contribution >= 0.6 is 0 Å². The van der Waals surface area contributed by atoms with Gasteiger partial charge in [0.2, 0.25) is 0 Å². The summed E-state index contributed by atoms with van der Waals surface area (Å²) in [6, 6.07) is 35.0. The van der Waals surface area contributed by atoms with Crippen molar-refractivity contribution >= 4 is 23.7 Å². The van der Waals surface area contributed by atoms with Crippen LogP contribution in [0.2, 0.25) is 0 Å². The van der Waals surface area contributed by atoms with Gasteiger partial charge in [0.05, 0.1) is 0 Å². The van der Waals surface area contributed by atoms with Crippen molar-refractivity contribution in [3.63, 3.8) is 0 Å². The highest BCUT2D eigenvalue weighted by Crippen LogP contribution is 2.24. The molecule has 0 spiro atoms. The first kappa shape index (κ1) is 21.0. The standard InChI is InChI=1S/C15H10O.C15H12O/c16-15-8-7-11-3-1-4-12(9-11)13-5-2-6-14(15)10-13;16-15(14-9-5-2-6-10-14)12-11-13-7-3-1-4-8-13/h1-10H;1-12H/b;12-11+. The van der Waals surface area contributed by atoms with Crippen LogP contribution in [0.3, 0.4) is 0 Å². The molecular formula is C30H22O2. The van der Waals surface area contributed by atoms with Gasteiger partial charge in [-0.1, -0.05) is 109 Å². The third kappa shape index (κ3) is 5.44. The number of hydrogen-bond donors (Lipinski definition) is 0. The smallest absolute Gasteiger partial charge is 0.185 e. The molecule has 154 valence electrons. The zero-order chi connectivity index (χ0) is 22.2. The zero-order valence-corrected chi connectivity index (χ0v) is 17.5. The van der Waals surface area contributed by atoms with Gasteiger partial charge in [-0.05, 0) is 46.5 Å². The van der Waals surface area contributed by atoms with Crippen molar-refractivity contribution in [3.8, 4) is 11.1 Å². The third-order valence-corrected chi connectivity index (χ3v) is 5.08. The van der Waals surface area contributed by atoms with Crippen LogP contribution in [-0.2, 0) is 0 Å². The number of carbonyl (C=O) groups is 2. The van der Waals surface area contributed by atoms with Gasteiger partial charge < -0.3 is 0 Å². The van der Waals surface area contributed by atoms with Gasteiger partial charge in [-0.3, -0.25) is 9.59 Å². The summed E-state index contributed by atoms with van der Waals surface area (Å²) in [5, 5.41) is 0. The fourth-order valence-corrected chi connectivity index (χ4v) is 3.38. The van der Waals surface area contributed by atoms with E-state index >= 15 is 0 Å². The Kier molecular flexibility index (Phi) is 6.64. The molecule has 0 amide bonds. The molecule has 0 heterocycles. The first-order valence-corrected chi connectivity index (χ1v) is 10.4. The van der Waals surface area contributed by atoms with Crippen LogP contribution in [-0.4, -0.2) is 11.6 Å². The molecule has 1 aliphatic carbocycles. The molecule has 0 saturated heterocycles. The van der Waals surface area contributed by atoms with E-state index in [-0.39, 0.29) is 11.6 Å². The maximum Gasteiger partial charge on any atom is 0.185 e. The Balaban J connectivity index is 0.000000153. The van der Waals surface area contributed by atoms with Crippen molar-refractivity contribution in [2.24, 2.45) is 0 Å². The van der Waals surface area contributed by atoms with Crippen molar-refractivity contribution in [1.82, 2.24) is 0 Å². The minimum absolute atomic E-state index is 0.0319. The summed E-state index contributed by atoms with van der Waals surface area (Å²) in [6.07, 6.45) is 6.92. The molecule has 0 fully saturated rings. The van der Waals surface area contributed by atoms with Gasteiger partial charge in [0.15, 0.2) is 11.6 Å². The summed E-state index contributed by atoms with van der Waals surface area (Å²) in [5.41, 5.74) is 5.81. The molecule has 1 aliphatic rings. The molecule has 0 aromatic heterocycles. The second kappa shape index (κ2) is 10.1. The van der Waals surface area contributed by atoms with Crippen LogP contribution in [0.4, 0.5) is 0 Å².